The molecule has 2 aromatic carbocycles. The van der Waals surface area contributed by atoms with E-state index in [-0.39, 0.29) is 18.1 Å². The van der Waals surface area contributed by atoms with Crippen LogP contribution < -0.4 is 10.1 Å². The zero-order valence-corrected chi connectivity index (χ0v) is 12.4. The molecule has 2 aromatic rings. The van der Waals surface area contributed by atoms with Gasteiger partial charge in [0, 0.05) is 24.0 Å². The third kappa shape index (κ3) is 3.06. The van der Waals surface area contributed by atoms with E-state index in [1.807, 2.05) is 13.0 Å². The highest BCUT2D eigenvalue weighted by molar-refractivity contribution is 6.11. The van der Waals surface area contributed by atoms with Crippen LogP contribution in [0, 0.1) is 17.0 Å². The van der Waals surface area contributed by atoms with E-state index in [1.165, 1.54) is 12.1 Å². The van der Waals surface area contributed by atoms with Gasteiger partial charge in [0.05, 0.1) is 16.1 Å². The van der Waals surface area contributed by atoms with E-state index in [2.05, 4.69) is 5.32 Å². The highest BCUT2D eigenvalue weighted by atomic mass is 16.6. The number of fused-ring (bicyclic) bond motifs is 1. The number of nitrogens with one attached hydrogen (secondary N) is 1. The van der Waals surface area contributed by atoms with Crippen molar-refractivity contribution >= 4 is 17.2 Å². The molecule has 1 aliphatic rings. The number of rotatable bonds is 3. The molecule has 1 aliphatic heterocycles. The molecule has 0 bridgehead atoms. The zero-order valence-electron chi connectivity index (χ0n) is 12.4. The van der Waals surface area contributed by atoms with Gasteiger partial charge >= 0.3 is 0 Å². The van der Waals surface area contributed by atoms with Crippen LogP contribution in [0.3, 0.4) is 0 Å². The van der Waals surface area contributed by atoms with E-state index in [0.29, 0.717) is 22.6 Å². The predicted octanol–water partition coefficient (Wildman–Crippen LogP) is 3.47. The Hall–Kier alpha value is -3.15. The summed E-state index contributed by atoms with van der Waals surface area (Å²) in [5.41, 5.74) is 2.72. The smallest absolute Gasteiger partial charge is 0.269 e. The molecule has 0 spiro atoms. The van der Waals surface area contributed by atoms with Crippen molar-refractivity contribution in [3.8, 4) is 5.75 Å². The summed E-state index contributed by atoms with van der Waals surface area (Å²) >= 11 is 0. The van der Waals surface area contributed by atoms with Crippen molar-refractivity contribution in [1.82, 2.24) is 0 Å². The van der Waals surface area contributed by atoms with Gasteiger partial charge in [0.15, 0.2) is 5.78 Å². The van der Waals surface area contributed by atoms with Gasteiger partial charge in [-0.1, -0.05) is 11.6 Å². The molecule has 0 radical (unpaired) electrons. The third-order valence-corrected chi connectivity index (χ3v) is 3.55. The standard InChI is InChI=1S/C17H14N2O4/c1-11-2-7-16-15(8-11)17(20)12(10-23-16)9-18-13-3-5-14(6-4-13)19(21)22/h2-9,18H,10H2,1H3/b12-9+. The summed E-state index contributed by atoms with van der Waals surface area (Å²) in [4.78, 5) is 22.6. The Morgan fingerprint density at radius 1 is 1.22 bits per heavy atom. The minimum atomic E-state index is -0.458. The van der Waals surface area contributed by atoms with Gasteiger partial charge in [0.25, 0.3) is 5.69 Å². The molecule has 116 valence electrons. The van der Waals surface area contributed by atoms with Crippen LogP contribution in [-0.2, 0) is 0 Å². The van der Waals surface area contributed by atoms with E-state index in [4.69, 9.17) is 4.74 Å². The SMILES string of the molecule is Cc1ccc2c(c1)C(=O)/C(=C/Nc1ccc([N+](=O)[O-])cc1)CO2. The number of aryl methyl sites for hydroxylation is 1. The Labute approximate surface area is 132 Å². The molecule has 1 heterocycles. The van der Waals surface area contributed by atoms with Crippen LogP contribution in [0.25, 0.3) is 0 Å². The number of hydrogen-bond donors (Lipinski definition) is 1. The minimum Gasteiger partial charge on any atom is -0.488 e. The molecule has 1 N–H and O–H groups in total. The molecule has 0 aromatic heterocycles. The lowest BCUT2D eigenvalue weighted by atomic mass is 9.99. The number of ketones is 1. The van der Waals surface area contributed by atoms with Crippen molar-refractivity contribution in [1.29, 1.82) is 0 Å². The first-order valence-corrected chi connectivity index (χ1v) is 7.03. The highest BCUT2D eigenvalue weighted by Crippen LogP contribution is 2.28. The second-order valence-electron chi connectivity index (χ2n) is 5.24. The van der Waals surface area contributed by atoms with Gasteiger partial charge in [-0.2, -0.15) is 0 Å². The van der Waals surface area contributed by atoms with Crippen LogP contribution in [0.2, 0.25) is 0 Å². The van der Waals surface area contributed by atoms with Crippen molar-refractivity contribution in [2.45, 2.75) is 6.92 Å². The molecule has 0 aliphatic carbocycles. The maximum Gasteiger partial charge on any atom is 0.269 e. The molecule has 0 fully saturated rings. The number of Topliss-reactive ketones (excluding diaryl/α,β-unsaturated/α-hetero) is 1. The monoisotopic (exact) mass is 310 g/mol. The molecule has 6 heteroatoms. The molecule has 0 saturated carbocycles. The molecular formula is C17H14N2O4. The largest absolute Gasteiger partial charge is 0.488 e. The number of non-ortho nitro benzene ring substituents is 1. The highest BCUT2D eigenvalue weighted by Gasteiger charge is 2.23. The topological polar surface area (TPSA) is 81.5 Å². The lowest BCUT2D eigenvalue weighted by molar-refractivity contribution is -0.384. The summed E-state index contributed by atoms with van der Waals surface area (Å²) in [5, 5.41) is 13.6. The van der Waals surface area contributed by atoms with Crippen LogP contribution in [0.5, 0.6) is 5.75 Å². The van der Waals surface area contributed by atoms with E-state index in [9.17, 15) is 14.9 Å². The molecule has 0 amide bonds. The Morgan fingerprint density at radius 2 is 1.96 bits per heavy atom. The minimum absolute atomic E-state index is 0.0182. The van der Waals surface area contributed by atoms with Crippen molar-refractivity contribution < 1.29 is 14.5 Å². The van der Waals surface area contributed by atoms with Crippen LogP contribution >= 0.6 is 0 Å². The Bertz CT molecular complexity index is 810. The molecule has 6 nitrogen and oxygen atoms in total. The van der Waals surface area contributed by atoms with Crippen molar-refractivity contribution in [2.75, 3.05) is 11.9 Å². The normalized spacial score (nSPS) is 15.0. The van der Waals surface area contributed by atoms with Crippen LogP contribution in [0.4, 0.5) is 11.4 Å². The van der Waals surface area contributed by atoms with Crippen LogP contribution in [0.15, 0.2) is 54.2 Å². The molecule has 0 saturated heterocycles. The molecular weight excluding hydrogens is 296 g/mol. The lowest BCUT2D eigenvalue weighted by Crippen LogP contribution is -2.20. The van der Waals surface area contributed by atoms with Gasteiger partial charge in [-0.05, 0) is 31.2 Å². The van der Waals surface area contributed by atoms with Crippen LogP contribution in [-0.4, -0.2) is 17.3 Å². The summed E-state index contributed by atoms with van der Waals surface area (Å²) < 4.78 is 5.58. The fourth-order valence-electron chi connectivity index (χ4n) is 2.30. The van der Waals surface area contributed by atoms with Gasteiger partial charge in [0.1, 0.15) is 12.4 Å². The number of anilines is 1. The second-order valence-corrected chi connectivity index (χ2v) is 5.24. The molecule has 0 atom stereocenters. The van der Waals surface area contributed by atoms with E-state index in [0.717, 1.165) is 5.56 Å². The maximum atomic E-state index is 12.5. The number of carbonyl (C=O) groups is 1. The second kappa shape index (κ2) is 5.92. The summed E-state index contributed by atoms with van der Waals surface area (Å²) in [6.07, 6.45) is 1.58. The van der Waals surface area contributed by atoms with E-state index >= 15 is 0 Å². The van der Waals surface area contributed by atoms with Gasteiger partial charge < -0.3 is 10.1 Å². The van der Waals surface area contributed by atoms with Crippen LogP contribution in [0.1, 0.15) is 15.9 Å². The fraction of sp³-hybridized carbons (Fsp3) is 0.118. The summed E-state index contributed by atoms with van der Waals surface area (Å²) in [7, 11) is 0. The van der Waals surface area contributed by atoms with Gasteiger partial charge in [-0.25, -0.2) is 0 Å². The quantitative estimate of drug-likeness (QED) is 0.533. The number of carbonyl (C=O) groups excluding carboxylic acids is 1. The zero-order chi connectivity index (χ0) is 16.4. The summed E-state index contributed by atoms with van der Waals surface area (Å²) in [5.74, 6) is 0.512. The average molecular weight is 310 g/mol. The number of nitro groups is 1. The first-order valence-electron chi connectivity index (χ1n) is 7.03. The van der Waals surface area contributed by atoms with E-state index in [1.54, 1.807) is 30.5 Å². The number of nitro benzene ring substituents is 1. The van der Waals surface area contributed by atoms with E-state index < -0.39 is 4.92 Å². The Balaban J connectivity index is 1.78. The molecule has 23 heavy (non-hydrogen) atoms. The predicted molar refractivity (Wildman–Crippen MR) is 85.8 cm³/mol. The summed E-state index contributed by atoms with van der Waals surface area (Å²) in [6.45, 7) is 2.11. The van der Waals surface area contributed by atoms with Gasteiger partial charge in [-0.3, -0.25) is 14.9 Å². The fourth-order valence-corrected chi connectivity index (χ4v) is 2.30. The lowest BCUT2D eigenvalue weighted by Gasteiger charge is -2.19. The number of ether oxygens (including phenoxy) is 1. The van der Waals surface area contributed by atoms with Gasteiger partial charge in [-0.15, -0.1) is 0 Å². The maximum absolute atomic E-state index is 12.5. The number of benzene rings is 2. The summed E-state index contributed by atoms with van der Waals surface area (Å²) in [6, 6.07) is 11.5. The number of nitrogens with zero attached hydrogens (tertiary/aromatic N) is 1. The van der Waals surface area contributed by atoms with Crippen molar-refractivity contribution in [2.24, 2.45) is 0 Å². The van der Waals surface area contributed by atoms with Gasteiger partial charge in [0.2, 0.25) is 0 Å². The molecule has 0 unspecified atom stereocenters. The first-order chi connectivity index (χ1) is 11.0. The Kier molecular flexibility index (Phi) is 3.80. The van der Waals surface area contributed by atoms with Crippen molar-refractivity contribution in [3.63, 3.8) is 0 Å². The van der Waals surface area contributed by atoms with Crippen molar-refractivity contribution in [3.05, 3.63) is 75.5 Å². The first kappa shape index (κ1) is 14.8. The number of hydrogen-bond acceptors (Lipinski definition) is 5. The average Bonchev–Trinajstić information content (AvgIpc) is 2.55. The molecule has 3 rings (SSSR count). The Morgan fingerprint density at radius 3 is 2.65 bits per heavy atom. The third-order valence-electron chi connectivity index (χ3n) is 3.55.